The predicted octanol–water partition coefficient (Wildman–Crippen LogP) is 2.62. The van der Waals surface area contributed by atoms with Crippen LogP contribution in [0.1, 0.15) is 0 Å². The summed E-state index contributed by atoms with van der Waals surface area (Å²) in [7, 11) is -1.98. The van der Waals surface area contributed by atoms with Crippen LogP contribution in [0.2, 0.25) is 0 Å². The molecule has 0 saturated heterocycles. The lowest BCUT2D eigenvalue weighted by Gasteiger charge is -2.15. The van der Waals surface area contributed by atoms with Crippen LogP contribution in [0, 0.1) is 10.1 Å². The van der Waals surface area contributed by atoms with Crippen LogP contribution in [-0.2, 0) is 20.9 Å². The number of nitrogens with zero attached hydrogens (tertiary/aromatic N) is 3. The smallest absolute Gasteiger partial charge is 0.258 e. The molecule has 9 heteroatoms. The van der Waals surface area contributed by atoms with Crippen LogP contribution in [0.15, 0.2) is 68.2 Å². The van der Waals surface area contributed by atoms with E-state index in [-0.39, 0.29) is 15.5 Å². The van der Waals surface area contributed by atoms with Gasteiger partial charge in [-0.05, 0) is 32.3 Å². The van der Waals surface area contributed by atoms with Crippen molar-refractivity contribution in [2.75, 3.05) is 14.1 Å². The van der Waals surface area contributed by atoms with Gasteiger partial charge >= 0.3 is 0 Å². The van der Waals surface area contributed by atoms with E-state index in [0.717, 1.165) is 0 Å². The monoisotopic (exact) mass is 353 g/mol. The molecule has 0 heterocycles. The second kappa shape index (κ2) is 6.99. The molecule has 0 aromatic heterocycles. The van der Waals surface area contributed by atoms with Crippen molar-refractivity contribution in [3.63, 3.8) is 0 Å². The first-order valence-corrected chi connectivity index (χ1v) is 9.09. The maximum Gasteiger partial charge on any atom is 0.289 e. The Bertz CT molecular complexity index is 849. The highest BCUT2D eigenvalue weighted by atomic mass is 32.3. The maximum absolute atomic E-state index is 12.4. The minimum atomic E-state index is -3.92. The summed E-state index contributed by atoms with van der Waals surface area (Å²) in [5, 5.41) is 11.2. The molecule has 23 heavy (non-hydrogen) atoms. The molecule has 0 unspecified atom stereocenters. The Balaban J connectivity index is 2.63. The molecular formula is C14H15N3O4S2. The molecule has 2 rings (SSSR count). The molecule has 0 N–H and O–H groups in total. The van der Waals surface area contributed by atoms with Crippen molar-refractivity contribution in [2.24, 2.45) is 3.77 Å². The van der Waals surface area contributed by atoms with Gasteiger partial charge in [-0.2, -0.15) is 8.42 Å². The summed E-state index contributed by atoms with van der Waals surface area (Å²) in [5.74, 6) is 0. The molecule has 0 radical (unpaired) electrons. The first kappa shape index (κ1) is 17.3. The van der Waals surface area contributed by atoms with Gasteiger partial charge in [0.2, 0.25) is 0 Å². The van der Waals surface area contributed by atoms with Gasteiger partial charge in [-0.1, -0.05) is 30.3 Å². The van der Waals surface area contributed by atoms with Gasteiger partial charge < -0.3 is 0 Å². The summed E-state index contributed by atoms with van der Waals surface area (Å²) < 4.78 is 30.3. The molecular weight excluding hydrogens is 338 g/mol. The van der Waals surface area contributed by atoms with Crippen molar-refractivity contribution in [3.05, 3.63) is 64.7 Å². The number of nitro benzene ring substituents is 1. The molecule has 2 aromatic carbocycles. The van der Waals surface area contributed by atoms with Gasteiger partial charge in [0.15, 0.2) is 0 Å². The van der Waals surface area contributed by atoms with Crippen LogP contribution in [-0.4, -0.2) is 31.7 Å². The third kappa shape index (κ3) is 4.01. The minimum absolute atomic E-state index is 0.0536. The zero-order valence-corrected chi connectivity index (χ0v) is 14.1. The van der Waals surface area contributed by atoms with Crippen molar-refractivity contribution in [2.45, 2.75) is 9.79 Å². The van der Waals surface area contributed by atoms with Gasteiger partial charge in [-0.15, -0.1) is 3.77 Å². The van der Waals surface area contributed by atoms with Crippen molar-refractivity contribution in [3.8, 4) is 0 Å². The van der Waals surface area contributed by atoms with E-state index in [9.17, 15) is 18.5 Å². The van der Waals surface area contributed by atoms with Gasteiger partial charge in [-0.25, -0.2) is 4.31 Å². The van der Waals surface area contributed by atoms with E-state index < -0.39 is 25.8 Å². The lowest BCUT2D eigenvalue weighted by atomic mass is 10.3. The fraction of sp³-hybridized carbons (Fsp3) is 0.143. The molecule has 2 aromatic rings. The fourth-order valence-electron chi connectivity index (χ4n) is 1.79. The average Bonchev–Trinajstić information content (AvgIpc) is 2.53. The molecule has 0 bridgehead atoms. The van der Waals surface area contributed by atoms with Gasteiger partial charge in [0.05, 0.1) is 9.82 Å². The Morgan fingerprint density at radius 1 is 1.04 bits per heavy atom. The van der Waals surface area contributed by atoms with E-state index in [4.69, 9.17) is 0 Å². The van der Waals surface area contributed by atoms with Gasteiger partial charge in [0.25, 0.3) is 15.7 Å². The highest BCUT2D eigenvalue weighted by Gasteiger charge is 2.22. The molecule has 122 valence electrons. The zero-order valence-electron chi connectivity index (χ0n) is 12.5. The number of nitro groups is 1. The number of benzene rings is 2. The van der Waals surface area contributed by atoms with Crippen LogP contribution in [0.4, 0.5) is 5.69 Å². The zero-order chi connectivity index (χ0) is 17.0. The first-order valence-electron chi connectivity index (χ1n) is 6.51. The van der Waals surface area contributed by atoms with Crippen LogP contribution in [0.3, 0.4) is 0 Å². The molecule has 1 atom stereocenters. The number of rotatable bonds is 5. The molecule has 0 amide bonds. The summed E-state index contributed by atoms with van der Waals surface area (Å²) in [6.45, 7) is 0. The third-order valence-corrected chi connectivity index (χ3v) is 6.46. The third-order valence-electron chi connectivity index (χ3n) is 2.81. The number of sulfonamides is 1. The van der Waals surface area contributed by atoms with Crippen LogP contribution >= 0.6 is 0 Å². The fourth-order valence-corrected chi connectivity index (χ4v) is 5.16. The second-order valence-electron chi connectivity index (χ2n) is 4.66. The summed E-state index contributed by atoms with van der Waals surface area (Å²) in [6.07, 6.45) is 0. The minimum Gasteiger partial charge on any atom is -0.258 e. The van der Waals surface area contributed by atoms with E-state index in [1.54, 1.807) is 42.7 Å². The molecule has 0 fully saturated rings. The SMILES string of the molecule is CN(C)[S@](=NS(=O)(=O)c1ccccc1)c1ccccc1[N+](=O)[O-]. The Labute approximate surface area is 137 Å². The van der Waals surface area contributed by atoms with Crippen molar-refractivity contribution in [1.82, 2.24) is 4.31 Å². The molecule has 7 nitrogen and oxygen atoms in total. The highest BCUT2D eigenvalue weighted by Crippen LogP contribution is 2.26. The van der Waals surface area contributed by atoms with E-state index in [1.807, 2.05) is 0 Å². The number of para-hydroxylation sites is 1. The highest BCUT2D eigenvalue weighted by molar-refractivity contribution is 7.99. The maximum atomic E-state index is 12.4. The summed E-state index contributed by atoms with van der Waals surface area (Å²) in [6, 6.07) is 13.8. The van der Waals surface area contributed by atoms with Crippen LogP contribution in [0.25, 0.3) is 0 Å². The van der Waals surface area contributed by atoms with Crippen LogP contribution in [0.5, 0.6) is 0 Å². The van der Waals surface area contributed by atoms with Crippen molar-refractivity contribution in [1.29, 1.82) is 0 Å². The summed E-state index contributed by atoms with van der Waals surface area (Å²) in [4.78, 5) is 11.0. The number of hydrogen-bond donors (Lipinski definition) is 0. The molecule has 0 spiro atoms. The molecule has 0 saturated carbocycles. The Kier molecular flexibility index (Phi) is 5.24. The van der Waals surface area contributed by atoms with Gasteiger partial charge in [-0.3, -0.25) is 10.1 Å². The Morgan fingerprint density at radius 3 is 2.17 bits per heavy atom. The van der Waals surface area contributed by atoms with Crippen molar-refractivity contribution >= 4 is 26.6 Å². The van der Waals surface area contributed by atoms with Gasteiger partial charge in [0.1, 0.15) is 4.90 Å². The normalized spacial score (nSPS) is 13.2. The van der Waals surface area contributed by atoms with E-state index in [1.165, 1.54) is 30.3 Å². The Hall–Kier alpha value is -2.10. The van der Waals surface area contributed by atoms with E-state index >= 15 is 0 Å². The summed E-state index contributed by atoms with van der Waals surface area (Å²) in [5.41, 5.74) is -0.156. The lowest BCUT2D eigenvalue weighted by molar-refractivity contribution is -0.387. The average molecular weight is 353 g/mol. The predicted molar refractivity (Wildman–Crippen MR) is 88.5 cm³/mol. The van der Waals surface area contributed by atoms with Gasteiger partial charge in [0, 0.05) is 16.9 Å². The van der Waals surface area contributed by atoms with E-state index in [2.05, 4.69) is 3.77 Å². The number of hydrogen-bond acceptors (Lipinski definition) is 4. The topological polar surface area (TPSA) is 92.9 Å². The standard InChI is InChI=1S/C14H15N3O4S2/c1-16(2)22(14-11-7-6-10-13(14)17(18)19)15-23(20,21)12-8-4-3-5-9-12/h3-11H,1-2H3/t22-/m0/s1. The quantitative estimate of drug-likeness (QED) is 0.608. The lowest BCUT2D eigenvalue weighted by Crippen LogP contribution is -2.18. The first-order chi connectivity index (χ1) is 10.8. The molecule has 0 aliphatic rings. The summed E-state index contributed by atoms with van der Waals surface area (Å²) >= 11 is 0. The molecule has 0 aliphatic heterocycles. The Morgan fingerprint density at radius 2 is 1.61 bits per heavy atom. The van der Waals surface area contributed by atoms with Crippen LogP contribution < -0.4 is 0 Å². The van der Waals surface area contributed by atoms with E-state index in [0.29, 0.717) is 0 Å². The second-order valence-corrected chi connectivity index (χ2v) is 8.38. The molecule has 0 aliphatic carbocycles. The van der Waals surface area contributed by atoms with Crippen molar-refractivity contribution < 1.29 is 13.3 Å². The largest absolute Gasteiger partial charge is 0.289 e.